The highest BCUT2D eigenvalue weighted by Gasteiger charge is 1.97. The van der Waals surface area contributed by atoms with Crippen molar-refractivity contribution in [1.29, 1.82) is 0 Å². The SMILES string of the molecule is CCC(C)NCCOc1ccc(C)nc1. The van der Waals surface area contributed by atoms with Crippen molar-refractivity contribution in [1.82, 2.24) is 10.3 Å². The van der Waals surface area contributed by atoms with Crippen molar-refractivity contribution in [2.24, 2.45) is 0 Å². The first-order valence-corrected chi connectivity index (χ1v) is 5.51. The van der Waals surface area contributed by atoms with Crippen LogP contribution < -0.4 is 10.1 Å². The maximum atomic E-state index is 5.53. The van der Waals surface area contributed by atoms with Crippen molar-refractivity contribution >= 4 is 0 Å². The highest BCUT2D eigenvalue weighted by atomic mass is 16.5. The molecule has 1 unspecified atom stereocenters. The minimum Gasteiger partial charge on any atom is -0.491 e. The van der Waals surface area contributed by atoms with Gasteiger partial charge < -0.3 is 10.1 Å². The van der Waals surface area contributed by atoms with Gasteiger partial charge in [-0.3, -0.25) is 4.98 Å². The van der Waals surface area contributed by atoms with Gasteiger partial charge >= 0.3 is 0 Å². The van der Waals surface area contributed by atoms with E-state index in [0.29, 0.717) is 12.6 Å². The number of rotatable bonds is 6. The highest BCUT2D eigenvalue weighted by molar-refractivity contribution is 5.18. The molecule has 0 aliphatic rings. The maximum Gasteiger partial charge on any atom is 0.137 e. The molecule has 0 aliphatic carbocycles. The fraction of sp³-hybridized carbons (Fsp3) is 0.583. The molecule has 0 amide bonds. The minimum absolute atomic E-state index is 0.560. The second-order valence-electron chi connectivity index (χ2n) is 3.75. The third-order valence-corrected chi connectivity index (χ3v) is 2.36. The smallest absolute Gasteiger partial charge is 0.137 e. The Balaban J connectivity index is 2.17. The Labute approximate surface area is 91.9 Å². The van der Waals surface area contributed by atoms with Crippen LogP contribution in [0.1, 0.15) is 26.0 Å². The third-order valence-electron chi connectivity index (χ3n) is 2.36. The predicted octanol–water partition coefficient (Wildman–Crippen LogP) is 2.16. The van der Waals surface area contributed by atoms with E-state index in [9.17, 15) is 0 Å². The van der Waals surface area contributed by atoms with Crippen molar-refractivity contribution in [3.8, 4) is 5.75 Å². The quantitative estimate of drug-likeness (QED) is 0.727. The van der Waals surface area contributed by atoms with Gasteiger partial charge in [0.25, 0.3) is 0 Å². The summed E-state index contributed by atoms with van der Waals surface area (Å²) in [5.74, 6) is 0.839. The molecule has 3 heteroatoms. The molecule has 0 fully saturated rings. The molecular weight excluding hydrogens is 188 g/mol. The van der Waals surface area contributed by atoms with Crippen molar-refractivity contribution in [3.63, 3.8) is 0 Å². The molecule has 0 aromatic carbocycles. The summed E-state index contributed by atoms with van der Waals surface area (Å²) in [7, 11) is 0. The molecule has 0 aliphatic heterocycles. The van der Waals surface area contributed by atoms with E-state index in [-0.39, 0.29) is 0 Å². The zero-order valence-corrected chi connectivity index (χ0v) is 9.79. The largest absolute Gasteiger partial charge is 0.491 e. The molecular formula is C12H20N2O. The molecule has 84 valence electrons. The Bertz CT molecular complexity index is 271. The van der Waals surface area contributed by atoms with E-state index in [2.05, 4.69) is 24.1 Å². The van der Waals surface area contributed by atoms with Gasteiger partial charge in [-0.2, -0.15) is 0 Å². The molecule has 3 nitrogen and oxygen atoms in total. The van der Waals surface area contributed by atoms with Gasteiger partial charge in [0.1, 0.15) is 12.4 Å². The molecule has 15 heavy (non-hydrogen) atoms. The first-order chi connectivity index (χ1) is 7.22. The Morgan fingerprint density at radius 3 is 2.87 bits per heavy atom. The Kier molecular flexibility index (Phi) is 5.12. The summed E-state index contributed by atoms with van der Waals surface area (Å²) < 4.78 is 5.53. The van der Waals surface area contributed by atoms with Crippen LogP contribution in [-0.2, 0) is 0 Å². The second kappa shape index (κ2) is 6.40. The lowest BCUT2D eigenvalue weighted by Crippen LogP contribution is -2.29. The molecule has 1 N–H and O–H groups in total. The maximum absolute atomic E-state index is 5.53. The molecule has 1 atom stereocenters. The summed E-state index contributed by atoms with van der Waals surface area (Å²) in [4.78, 5) is 4.16. The number of aromatic nitrogens is 1. The fourth-order valence-corrected chi connectivity index (χ4v) is 1.16. The summed E-state index contributed by atoms with van der Waals surface area (Å²) in [6, 6.07) is 4.47. The molecule has 1 aromatic rings. The van der Waals surface area contributed by atoms with Crippen molar-refractivity contribution in [2.45, 2.75) is 33.2 Å². The van der Waals surface area contributed by atoms with E-state index >= 15 is 0 Å². The van der Waals surface area contributed by atoms with E-state index in [1.54, 1.807) is 6.20 Å². The normalized spacial score (nSPS) is 12.5. The summed E-state index contributed by atoms with van der Waals surface area (Å²) >= 11 is 0. The van der Waals surface area contributed by atoms with Gasteiger partial charge in [0.15, 0.2) is 0 Å². The Hall–Kier alpha value is -1.09. The number of hydrogen-bond acceptors (Lipinski definition) is 3. The van der Waals surface area contributed by atoms with Crippen LogP contribution in [0.15, 0.2) is 18.3 Å². The average Bonchev–Trinajstić information content (AvgIpc) is 2.26. The fourth-order valence-electron chi connectivity index (χ4n) is 1.16. The first-order valence-electron chi connectivity index (χ1n) is 5.51. The van der Waals surface area contributed by atoms with Gasteiger partial charge in [-0.15, -0.1) is 0 Å². The van der Waals surface area contributed by atoms with Crippen molar-refractivity contribution in [3.05, 3.63) is 24.0 Å². The van der Waals surface area contributed by atoms with Gasteiger partial charge in [0, 0.05) is 18.3 Å². The van der Waals surface area contributed by atoms with Crippen LogP contribution in [0.5, 0.6) is 5.75 Å². The molecule has 1 aromatic heterocycles. The predicted molar refractivity (Wildman–Crippen MR) is 62.2 cm³/mol. The van der Waals surface area contributed by atoms with Gasteiger partial charge in [-0.05, 0) is 32.4 Å². The topological polar surface area (TPSA) is 34.1 Å². The lowest BCUT2D eigenvalue weighted by Gasteiger charge is -2.11. The van der Waals surface area contributed by atoms with Crippen molar-refractivity contribution < 1.29 is 4.74 Å². The molecule has 0 bridgehead atoms. The lowest BCUT2D eigenvalue weighted by atomic mass is 10.3. The highest BCUT2D eigenvalue weighted by Crippen LogP contribution is 2.07. The monoisotopic (exact) mass is 208 g/mol. The van der Waals surface area contributed by atoms with Crippen LogP contribution in [0.3, 0.4) is 0 Å². The first kappa shape index (κ1) is 12.0. The van der Waals surface area contributed by atoms with E-state index in [0.717, 1.165) is 24.4 Å². The molecule has 1 rings (SSSR count). The lowest BCUT2D eigenvalue weighted by molar-refractivity contribution is 0.305. The number of hydrogen-bond donors (Lipinski definition) is 1. The third kappa shape index (κ3) is 4.79. The van der Waals surface area contributed by atoms with Gasteiger partial charge in [0.05, 0.1) is 6.20 Å². The Morgan fingerprint density at radius 2 is 2.27 bits per heavy atom. The van der Waals surface area contributed by atoms with Gasteiger partial charge in [0.2, 0.25) is 0 Å². The second-order valence-corrected chi connectivity index (χ2v) is 3.75. The zero-order chi connectivity index (χ0) is 11.1. The molecule has 0 saturated carbocycles. The van der Waals surface area contributed by atoms with E-state index in [4.69, 9.17) is 4.74 Å². The molecule has 0 radical (unpaired) electrons. The van der Waals surface area contributed by atoms with Crippen LogP contribution in [0.2, 0.25) is 0 Å². The number of nitrogens with one attached hydrogen (secondary N) is 1. The van der Waals surface area contributed by atoms with E-state index < -0.39 is 0 Å². The van der Waals surface area contributed by atoms with Crippen molar-refractivity contribution in [2.75, 3.05) is 13.2 Å². The molecule has 0 spiro atoms. The van der Waals surface area contributed by atoms with Crippen LogP contribution in [0, 0.1) is 6.92 Å². The van der Waals surface area contributed by atoms with Crippen LogP contribution >= 0.6 is 0 Å². The van der Waals surface area contributed by atoms with Crippen LogP contribution in [0.25, 0.3) is 0 Å². The van der Waals surface area contributed by atoms with Gasteiger partial charge in [-0.25, -0.2) is 0 Å². The number of ether oxygens (including phenoxy) is 1. The number of nitrogens with zero attached hydrogens (tertiary/aromatic N) is 1. The minimum atomic E-state index is 0.560. The standard InChI is InChI=1S/C12H20N2O/c1-4-10(2)13-7-8-15-12-6-5-11(3)14-9-12/h5-6,9-10,13H,4,7-8H2,1-3H3. The summed E-state index contributed by atoms with van der Waals surface area (Å²) in [5.41, 5.74) is 1.01. The van der Waals surface area contributed by atoms with E-state index in [1.165, 1.54) is 0 Å². The molecule has 0 saturated heterocycles. The average molecular weight is 208 g/mol. The zero-order valence-electron chi connectivity index (χ0n) is 9.79. The van der Waals surface area contributed by atoms with E-state index in [1.807, 2.05) is 19.1 Å². The van der Waals surface area contributed by atoms with Gasteiger partial charge in [-0.1, -0.05) is 6.92 Å². The van der Waals surface area contributed by atoms with Crippen LogP contribution in [0.4, 0.5) is 0 Å². The summed E-state index contributed by atoms with van der Waals surface area (Å²) in [5, 5.41) is 3.37. The number of aryl methyl sites for hydroxylation is 1. The van der Waals surface area contributed by atoms with Crippen LogP contribution in [-0.4, -0.2) is 24.2 Å². The summed E-state index contributed by atoms with van der Waals surface area (Å²) in [6.07, 6.45) is 2.91. The summed E-state index contributed by atoms with van der Waals surface area (Å²) in [6.45, 7) is 7.88. The molecule has 1 heterocycles. The number of pyridine rings is 1. The Morgan fingerprint density at radius 1 is 1.47 bits per heavy atom.